The van der Waals surface area contributed by atoms with E-state index in [9.17, 15) is 18.0 Å². The fourth-order valence-electron chi connectivity index (χ4n) is 1.57. The Morgan fingerprint density at radius 1 is 1.44 bits per heavy atom. The van der Waals surface area contributed by atoms with Crippen LogP contribution in [0.15, 0.2) is 24.5 Å². The number of alkyl halides is 3. The number of halogens is 3. The number of carbonyl (C=O) groups is 1. The van der Waals surface area contributed by atoms with E-state index in [1.807, 2.05) is 0 Å². The van der Waals surface area contributed by atoms with Gasteiger partial charge in [-0.25, -0.2) is 4.98 Å². The van der Waals surface area contributed by atoms with E-state index in [0.29, 0.717) is 5.69 Å². The van der Waals surface area contributed by atoms with E-state index in [4.69, 9.17) is 5.11 Å². The fraction of sp³-hybridized carbons (Fsp3) is 0.273. The Hall–Kier alpha value is -2.05. The summed E-state index contributed by atoms with van der Waals surface area (Å²) in [6.07, 6.45) is -1.53. The third kappa shape index (κ3) is 2.61. The lowest BCUT2D eigenvalue weighted by Crippen LogP contribution is -2.05. The number of aromatic nitrogens is 2. The highest BCUT2D eigenvalue weighted by atomic mass is 19.4. The Morgan fingerprint density at radius 3 is 2.78 bits per heavy atom. The summed E-state index contributed by atoms with van der Waals surface area (Å²) in [6.45, 7) is 0. The Kier molecular flexibility index (Phi) is 2.98. The van der Waals surface area contributed by atoms with Crippen LogP contribution in [0.1, 0.15) is 17.7 Å². The maximum Gasteiger partial charge on any atom is 0.416 e. The third-order valence-electron chi connectivity index (χ3n) is 2.43. The van der Waals surface area contributed by atoms with Gasteiger partial charge in [0.2, 0.25) is 0 Å². The minimum Gasteiger partial charge on any atom is -0.481 e. The van der Waals surface area contributed by atoms with Crippen LogP contribution in [0.2, 0.25) is 0 Å². The summed E-state index contributed by atoms with van der Waals surface area (Å²) in [4.78, 5) is 14.3. The van der Waals surface area contributed by atoms with E-state index < -0.39 is 17.7 Å². The second kappa shape index (κ2) is 4.32. The van der Waals surface area contributed by atoms with Crippen LogP contribution in [0.5, 0.6) is 0 Å². The van der Waals surface area contributed by atoms with Crippen molar-refractivity contribution in [1.82, 2.24) is 9.38 Å². The first-order chi connectivity index (χ1) is 8.36. The molecule has 0 aromatic carbocycles. The van der Waals surface area contributed by atoms with Gasteiger partial charge < -0.3 is 9.51 Å². The maximum atomic E-state index is 12.5. The zero-order valence-corrected chi connectivity index (χ0v) is 9.11. The van der Waals surface area contributed by atoms with Crippen LogP contribution in [0.25, 0.3) is 5.65 Å². The molecule has 7 heteroatoms. The molecular weight excluding hydrogens is 249 g/mol. The normalized spacial score (nSPS) is 11.9. The molecule has 2 aromatic heterocycles. The minimum atomic E-state index is -4.41. The van der Waals surface area contributed by atoms with Crippen LogP contribution in [0.3, 0.4) is 0 Å². The molecule has 2 heterocycles. The van der Waals surface area contributed by atoms with Gasteiger partial charge in [-0.2, -0.15) is 13.2 Å². The quantitative estimate of drug-likeness (QED) is 0.919. The van der Waals surface area contributed by atoms with Crippen LogP contribution in [-0.2, 0) is 17.4 Å². The van der Waals surface area contributed by atoms with Gasteiger partial charge in [0, 0.05) is 18.8 Å². The predicted molar refractivity (Wildman–Crippen MR) is 56.2 cm³/mol. The smallest absolute Gasteiger partial charge is 0.416 e. The molecule has 0 aliphatic heterocycles. The fourth-order valence-corrected chi connectivity index (χ4v) is 1.57. The zero-order valence-electron chi connectivity index (χ0n) is 9.11. The molecular formula is C11H9F3N2O2. The highest BCUT2D eigenvalue weighted by molar-refractivity contribution is 5.67. The van der Waals surface area contributed by atoms with Crippen molar-refractivity contribution in [2.24, 2.45) is 0 Å². The van der Waals surface area contributed by atoms with E-state index in [0.717, 1.165) is 12.1 Å². The summed E-state index contributed by atoms with van der Waals surface area (Å²) in [5, 5.41) is 8.52. The Balaban J connectivity index is 2.31. The molecule has 4 nitrogen and oxygen atoms in total. The number of aliphatic carboxylic acids is 1. The van der Waals surface area contributed by atoms with Gasteiger partial charge >= 0.3 is 12.1 Å². The molecule has 0 atom stereocenters. The Labute approximate surface area is 99.7 Å². The topological polar surface area (TPSA) is 54.6 Å². The van der Waals surface area contributed by atoms with Crippen LogP contribution >= 0.6 is 0 Å². The van der Waals surface area contributed by atoms with E-state index in [1.165, 1.54) is 16.8 Å². The molecule has 0 radical (unpaired) electrons. The molecule has 1 N–H and O–H groups in total. The summed E-state index contributed by atoms with van der Waals surface area (Å²) >= 11 is 0. The number of pyridine rings is 1. The SMILES string of the molecule is O=C(O)CCc1cn2ccc(C(F)(F)F)cc2n1. The van der Waals surface area contributed by atoms with Crippen LogP contribution < -0.4 is 0 Å². The summed E-state index contributed by atoms with van der Waals surface area (Å²) in [5.41, 5.74) is -0.160. The van der Waals surface area contributed by atoms with Crippen molar-refractivity contribution in [3.05, 3.63) is 35.8 Å². The molecule has 0 saturated heterocycles. The number of carboxylic acids is 1. The standard InChI is InChI=1S/C11H9F3N2O2/c12-11(13,14)7-3-4-16-6-8(1-2-10(17)18)15-9(16)5-7/h3-6H,1-2H2,(H,17,18). The van der Waals surface area contributed by atoms with Gasteiger partial charge in [-0.3, -0.25) is 4.79 Å². The molecule has 0 saturated carbocycles. The first kappa shape index (κ1) is 12.4. The van der Waals surface area contributed by atoms with Gasteiger partial charge in [-0.05, 0) is 12.1 Å². The van der Waals surface area contributed by atoms with Crippen molar-refractivity contribution in [3.63, 3.8) is 0 Å². The van der Waals surface area contributed by atoms with Gasteiger partial charge in [0.15, 0.2) is 0 Å². The van der Waals surface area contributed by atoms with Gasteiger partial charge in [0.05, 0.1) is 17.7 Å². The lowest BCUT2D eigenvalue weighted by molar-refractivity contribution is -0.138. The van der Waals surface area contributed by atoms with Crippen molar-refractivity contribution < 1.29 is 23.1 Å². The highest BCUT2D eigenvalue weighted by Crippen LogP contribution is 2.29. The summed E-state index contributed by atoms with van der Waals surface area (Å²) < 4.78 is 38.8. The Morgan fingerprint density at radius 2 is 2.17 bits per heavy atom. The van der Waals surface area contributed by atoms with Crippen molar-refractivity contribution in [2.45, 2.75) is 19.0 Å². The predicted octanol–water partition coefficient (Wildman–Crippen LogP) is 2.37. The second-order valence-corrected chi connectivity index (χ2v) is 3.80. The number of rotatable bonds is 3. The molecule has 0 aliphatic carbocycles. The monoisotopic (exact) mass is 258 g/mol. The van der Waals surface area contributed by atoms with E-state index >= 15 is 0 Å². The molecule has 0 unspecified atom stereocenters. The molecule has 0 spiro atoms. The zero-order chi connectivity index (χ0) is 13.3. The van der Waals surface area contributed by atoms with Gasteiger partial charge in [0.1, 0.15) is 5.65 Å². The lowest BCUT2D eigenvalue weighted by atomic mass is 10.2. The molecule has 0 bridgehead atoms. The van der Waals surface area contributed by atoms with Gasteiger partial charge in [-0.15, -0.1) is 0 Å². The molecule has 0 aliphatic rings. The van der Waals surface area contributed by atoms with Crippen molar-refractivity contribution in [1.29, 1.82) is 0 Å². The van der Waals surface area contributed by atoms with E-state index in [1.54, 1.807) is 0 Å². The number of nitrogens with zero attached hydrogens (tertiary/aromatic N) is 2. The maximum absolute atomic E-state index is 12.5. The number of fused-ring (bicyclic) bond motifs is 1. The van der Waals surface area contributed by atoms with Crippen LogP contribution in [0, 0.1) is 0 Å². The number of aryl methyl sites for hydroxylation is 1. The lowest BCUT2D eigenvalue weighted by Gasteiger charge is -2.05. The number of hydrogen-bond donors (Lipinski definition) is 1. The summed E-state index contributed by atoms with van der Waals surface area (Å²) in [5.74, 6) is -0.969. The molecule has 2 aromatic rings. The Bertz CT molecular complexity index is 589. The molecule has 18 heavy (non-hydrogen) atoms. The number of hydrogen-bond acceptors (Lipinski definition) is 2. The number of carboxylic acid groups (broad SMARTS) is 1. The van der Waals surface area contributed by atoms with Gasteiger partial charge in [0.25, 0.3) is 0 Å². The minimum absolute atomic E-state index is 0.101. The molecule has 0 amide bonds. The largest absolute Gasteiger partial charge is 0.481 e. The van der Waals surface area contributed by atoms with Crippen molar-refractivity contribution >= 4 is 11.6 Å². The van der Waals surface area contributed by atoms with Crippen molar-refractivity contribution in [3.8, 4) is 0 Å². The third-order valence-corrected chi connectivity index (χ3v) is 2.43. The summed E-state index contributed by atoms with van der Waals surface area (Å²) in [6, 6.07) is 1.89. The first-order valence-electron chi connectivity index (χ1n) is 5.13. The van der Waals surface area contributed by atoms with Crippen molar-refractivity contribution in [2.75, 3.05) is 0 Å². The summed E-state index contributed by atoms with van der Waals surface area (Å²) in [7, 11) is 0. The number of imidazole rings is 1. The van der Waals surface area contributed by atoms with Gasteiger partial charge in [-0.1, -0.05) is 0 Å². The van der Waals surface area contributed by atoms with E-state index in [2.05, 4.69) is 4.98 Å². The second-order valence-electron chi connectivity index (χ2n) is 3.80. The van der Waals surface area contributed by atoms with Crippen LogP contribution in [0.4, 0.5) is 13.2 Å². The molecule has 96 valence electrons. The van der Waals surface area contributed by atoms with E-state index in [-0.39, 0.29) is 18.5 Å². The molecule has 0 fully saturated rings. The van der Waals surface area contributed by atoms with Crippen LogP contribution in [-0.4, -0.2) is 20.5 Å². The molecule has 2 rings (SSSR count). The average molecular weight is 258 g/mol. The average Bonchev–Trinajstić information content (AvgIpc) is 2.66. The first-order valence-corrected chi connectivity index (χ1v) is 5.13. The highest BCUT2D eigenvalue weighted by Gasteiger charge is 2.30.